The van der Waals surface area contributed by atoms with Crippen LogP contribution in [-0.4, -0.2) is 42.5 Å². The van der Waals surface area contributed by atoms with Crippen molar-refractivity contribution in [1.29, 1.82) is 5.26 Å². The summed E-state index contributed by atoms with van der Waals surface area (Å²) in [4.78, 5) is 4.91. The fourth-order valence-corrected chi connectivity index (χ4v) is 2.84. The SMILES string of the molecule is CCN1CCC(N(C)Cc2ccccc2C#N)CC1. The Labute approximate surface area is 116 Å². The normalized spacial score (nSPS) is 17.6. The molecule has 1 fully saturated rings. The van der Waals surface area contributed by atoms with Crippen LogP contribution in [0.15, 0.2) is 24.3 Å². The van der Waals surface area contributed by atoms with Gasteiger partial charge in [-0.1, -0.05) is 25.1 Å². The van der Waals surface area contributed by atoms with Gasteiger partial charge in [0.05, 0.1) is 11.6 Å². The monoisotopic (exact) mass is 257 g/mol. The van der Waals surface area contributed by atoms with E-state index in [-0.39, 0.29) is 0 Å². The van der Waals surface area contributed by atoms with Crippen molar-refractivity contribution in [3.05, 3.63) is 35.4 Å². The van der Waals surface area contributed by atoms with Gasteiger partial charge in [0.15, 0.2) is 0 Å². The Balaban J connectivity index is 1.94. The van der Waals surface area contributed by atoms with Crippen LogP contribution >= 0.6 is 0 Å². The third kappa shape index (κ3) is 3.56. The van der Waals surface area contributed by atoms with Crippen LogP contribution in [0.2, 0.25) is 0 Å². The Morgan fingerprint density at radius 3 is 2.63 bits per heavy atom. The van der Waals surface area contributed by atoms with Crippen molar-refractivity contribution in [2.24, 2.45) is 0 Å². The van der Waals surface area contributed by atoms with E-state index in [0.717, 1.165) is 24.2 Å². The molecule has 1 aromatic rings. The summed E-state index contributed by atoms with van der Waals surface area (Å²) in [5.41, 5.74) is 1.95. The Hall–Kier alpha value is -1.37. The second-order valence-corrected chi connectivity index (χ2v) is 5.35. The quantitative estimate of drug-likeness (QED) is 0.830. The Bertz CT molecular complexity index is 442. The summed E-state index contributed by atoms with van der Waals surface area (Å²) < 4.78 is 0. The lowest BCUT2D eigenvalue weighted by atomic mass is 10.0. The fourth-order valence-electron chi connectivity index (χ4n) is 2.84. The van der Waals surface area contributed by atoms with Crippen LogP contribution < -0.4 is 0 Å². The first-order valence-corrected chi connectivity index (χ1v) is 7.15. The van der Waals surface area contributed by atoms with E-state index in [1.54, 1.807) is 0 Å². The molecule has 1 aliphatic rings. The van der Waals surface area contributed by atoms with Crippen molar-refractivity contribution >= 4 is 0 Å². The number of rotatable bonds is 4. The summed E-state index contributed by atoms with van der Waals surface area (Å²) in [6.07, 6.45) is 2.47. The summed E-state index contributed by atoms with van der Waals surface area (Å²) in [5.74, 6) is 0. The zero-order valence-electron chi connectivity index (χ0n) is 12.0. The molecule has 1 aliphatic heterocycles. The van der Waals surface area contributed by atoms with Gasteiger partial charge in [0, 0.05) is 12.6 Å². The predicted octanol–water partition coefficient (Wildman–Crippen LogP) is 2.47. The van der Waals surface area contributed by atoms with Crippen LogP contribution in [-0.2, 0) is 6.54 Å². The van der Waals surface area contributed by atoms with Gasteiger partial charge in [0.25, 0.3) is 0 Å². The van der Waals surface area contributed by atoms with Crippen LogP contribution in [0.1, 0.15) is 30.9 Å². The zero-order valence-corrected chi connectivity index (χ0v) is 12.0. The van der Waals surface area contributed by atoms with Crippen molar-refractivity contribution in [2.45, 2.75) is 32.4 Å². The predicted molar refractivity (Wildman–Crippen MR) is 77.8 cm³/mol. The van der Waals surface area contributed by atoms with Gasteiger partial charge in [-0.05, 0) is 51.2 Å². The molecule has 0 unspecified atom stereocenters. The maximum absolute atomic E-state index is 9.13. The number of benzene rings is 1. The van der Waals surface area contributed by atoms with Crippen LogP contribution in [0, 0.1) is 11.3 Å². The second kappa shape index (κ2) is 6.70. The van der Waals surface area contributed by atoms with Crippen LogP contribution in [0.3, 0.4) is 0 Å². The average molecular weight is 257 g/mol. The second-order valence-electron chi connectivity index (χ2n) is 5.35. The summed E-state index contributed by atoms with van der Waals surface area (Å²) in [5, 5.41) is 9.13. The minimum Gasteiger partial charge on any atom is -0.303 e. The molecule has 0 N–H and O–H groups in total. The van der Waals surface area contributed by atoms with E-state index in [4.69, 9.17) is 5.26 Å². The first kappa shape index (κ1) is 14.0. The lowest BCUT2D eigenvalue weighted by Gasteiger charge is -2.36. The number of likely N-dealkylation sites (tertiary alicyclic amines) is 1. The average Bonchev–Trinajstić information content (AvgIpc) is 2.48. The molecule has 0 atom stereocenters. The van der Waals surface area contributed by atoms with E-state index in [0.29, 0.717) is 6.04 Å². The lowest BCUT2D eigenvalue weighted by molar-refractivity contribution is 0.127. The molecule has 0 spiro atoms. The molecule has 0 bridgehead atoms. The molecule has 1 saturated heterocycles. The summed E-state index contributed by atoms with van der Waals surface area (Å²) >= 11 is 0. The van der Waals surface area contributed by atoms with Crippen molar-refractivity contribution in [3.8, 4) is 6.07 Å². The zero-order chi connectivity index (χ0) is 13.7. The van der Waals surface area contributed by atoms with Crippen molar-refractivity contribution in [1.82, 2.24) is 9.80 Å². The molecule has 102 valence electrons. The van der Waals surface area contributed by atoms with Gasteiger partial charge in [-0.25, -0.2) is 0 Å². The highest BCUT2D eigenvalue weighted by molar-refractivity contribution is 5.37. The third-order valence-corrected chi connectivity index (χ3v) is 4.19. The summed E-state index contributed by atoms with van der Waals surface area (Å²) in [6.45, 7) is 6.66. The summed E-state index contributed by atoms with van der Waals surface area (Å²) in [7, 11) is 2.18. The van der Waals surface area contributed by atoms with Crippen LogP contribution in [0.4, 0.5) is 0 Å². The third-order valence-electron chi connectivity index (χ3n) is 4.19. The number of hydrogen-bond acceptors (Lipinski definition) is 3. The maximum Gasteiger partial charge on any atom is 0.0995 e. The molecule has 2 rings (SSSR count). The molecule has 0 aliphatic carbocycles. The highest BCUT2D eigenvalue weighted by Gasteiger charge is 2.21. The molecule has 1 heterocycles. The van der Waals surface area contributed by atoms with Crippen LogP contribution in [0.5, 0.6) is 0 Å². The number of nitriles is 1. The molecule has 1 aromatic carbocycles. The van der Waals surface area contributed by atoms with E-state index < -0.39 is 0 Å². The van der Waals surface area contributed by atoms with Crippen molar-refractivity contribution in [2.75, 3.05) is 26.7 Å². The largest absolute Gasteiger partial charge is 0.303 e. The Morgan fingerprint density at radius 2 is 2.00 bits per heavy atom. The minimum atomic E-state index is 0.648. The lowest BCUT2D eigenvalue weighted by Crippen LogP contribution is -2.42. The molecule has 19 heavy (non-hydrogen) atoms. The first-order chi connectivity index (χ1) is 9.24. The van der Waals surface area contributed by atoms with Crippen molar-refractivity contribution in [3.63, 3.8) is 0 Å². The summed E-state index contributed by atoms with van der Waals surface area (Å²) in [6, 6.07) is 10.9. The number of nitrogens with zero attached hydrogens (tertiary/aromatic N) is 3. The molecular weight excluding hydrogens is 234 g/mol. The molecule has 0 saturated carbocycles. The number of piperidine rings is 1. The van der Waals surface area contributed by atoms with E-state index >= 15 is 0 Å². The van der Waals surface area contributed by atoms with Gasteiger partial charge < -0.3 is 4.90 Å². The highest BCUT2D eigenvalue weighted by atomic mass is 15.2. The smallest absolute Gasteiger partial charge is 0.0995 e. The molecule has 3 heteroatoms. The first-order valence-electron chi connectivity index (χ1n) is 7.15. The molecule has 0 radical (unpaired) electrons. The van der Waals surface area contributed by atoms with Gasteiger partial charge in [0.2, 0.25) is 0 Å². The van der Waals surface area contributed by atoms with Gasteiger partial charge in [-0.2, -0.15) is 5.26 Å². The number of hydrogen-bond donors (Lipinski definition) is 0. The Morgan fingerprint density at radius 1 is 1.32 bits per heavy atom. The maximum atomic E-state index is 9.13. The van der Waals surface area contributed by atoms with E-state index in [1.807, 2.05) is 18.2 Å². The minimum absolute atomic E-state index is 0.648. The molecule has 0 amide bonds. The highest BCUT2D eigenvalue weighted by Crippen LogP contribution is 2.18. The van der Waals surface area contributed by atoms with Gasteiger partial charge in [-0.3, -0.25) is 4.90 Å². The van der Waals surface area contributed by atoms with E-state index in [9.17, 15) is 0 Å². The van der Waals surface area contributed by atoms with Gasteiger partial charge in [0.1, 0.15) is 0 Å². The van der Waals surface area contributed by atoms with Gasteiger partial charge in [-0.15, -0.1) is 0 Å². The van der Waals surface area contributed by atoms with E-state index in [1.165, 1.54) is 25.9 Å². The van der Waals surface area contributed by atoms with Crippen molar-refractivity contribution < 1.29 is 0 Å². The molecule has 3 nitrogen and oxygen atoms in total. The fraction of sp³-hybridized carbons (Fsp3) is 0.562. The standard InChI is InChI=1S/C16H23N3/c1-3-19-10-8-16(9-11-19)18(2)13-15-7-5-4-6-14(15)12-17/h4-7,16H,3,8-11,13H2,1-2H3. The molecule has 0 aromatic heterocycles. The Kier molecular flexibility index (Phi) is 4.95. The topological polar surface area (TPSA) is 30.3 Å². The van der Waals surface area contributed by atoms with E-state index in [2.05, 4.69) is 35.9 Å². The van der Waals surface area contributed by atoms with Gasteiger partial charge >= 0.3 is 0 Å². The molecular formula is C16H23N3. The van der Waals surface area contributed by atoms with Crippen LogP contribution in [0.25, 0.3) is 0 Å².